The van der Waals surface area contributed by atoms with Gasteiger partial charge < -0.3 is 43.5 Å². The molecule has 1 N–H and O–H groups in total. The molecule has 6 heterocycles. The van der Waals surface area contributed by atoms with E-state index in [1.54, 1.807) is 12.4 Å². The Morgan fingerprint density at radius 3 is 1.41 bits per heavy atom. The number of ether oxygens (including phenoxy) is 6. The van der Waals surface area contributed by atoms with Crippen LogP contribution in [0.3, 0.4) is 0 Å². The molecular weight excluding hydrogens is 1170 g/mol. The molecule has 2 saturated heterocycles. The lowest BCUT2D eigenvalue weighted by molar-refractivity contribution is 0.00259. The number of nitrogens with one attached hydrogen (secondary N) is 1. The molecule has 2 aliphatic heterocycles. The molecule has 23 heteroatoms. The Bertz CT molecular complexity index is 3310. The van der Waals surface area contributed by atoms with Gasteiger partial charge in [-0.25, -0.2) is 38.9 Å². The maximum atomic E-state index is 13.0. The number of nitrogens with zero attached hydrogens (tertiary/aromatic N) is 11. The van der Waals surface area contributed by atoms with Gasteiger partial charge in [0.05, 0.1) is 45.9 Å². The van der Waals surface area contributed by atoms with Crippen molar-refractivity contribution in [2.75, 3.05) is 44.3 Å². The molecule has 6 aromatic rings. The van der Waals surface area contributed by atoms with Crippen molar-refractivity contribution in [2.45, 2.75) is 228 Å². The molecule has 4 atom stereocenters. The molecule has 20 nitrogen and oxygen atoms in total. The van der Waals surface area contributed by atoms with Crippen LogP contribution < -0.4 is 19.7 Å². The van der Waals surface area contributed by atoms with E-state index in [0.717, 1.165) is 119 Å². The molecule has 2 saturated carbocycles. The lowest BCUT2D eigenvalue weighted by Gasteiger charge is -2.44. The molecule has 2 amide bonds. The number of fused-ring (bicyclic) bond motifs is 2. The first-order valence-corrected chi connectivity index (χ1v) is 38.8. The number of halogens is 1. The second-order valence-electron chi connectivity index (χ2n) is 29.1. The molecule has 484 valence electrons. The topological polar surface area (TPSA) is 198 Å². The average Bonchev–Trinajstić information content (AvgIpc) is 3.52. The summed E-state index contributed by atoms with van der Waals surface area (Å²) < 4.78 is 39.4. The first-order valence-electron chi connectivity index (χ1n) is 31.0. The van der Waals surface area contributed by atoms with Crippen molar-refractivity contribution in [3.8, 4) is 34.3 Å². The van der Waals surface area contributed by atoms with Crippen molar-refractivity contribution in [3.63, 3.8) is 0 Å². The highest BCUT2D eigenvalue weighted by molar-refractivity contribution is 6.76. The first kappa shape index (κ1) is 69.6. The van der Waals surface area contributed by atoms with Crippen molar-refractivity contribution in [2.24, 2.45) is 0 Å². The Morgan fingerprint density at radius 1 is 0.602 bits per heavy atom. The molecule has 0 radical (unpaired) electrons. The maximum Gasteiger partial charge on any atom is 0.410 e. The number of piperazine rings is 2. The standard InChI is InChI=1S/C32H48N6O4Si.C21H27ClN4O2Si.C11H22N2O2.CH4/c1-22-18-36(19-23(2)38(22)30(39)42-31(3,4)5)28-17-27(33-20-34-28)29-25-16-24(41-32(6)12-13-32)10-11-26(25)35-37(29)21-40-14-15-43(7,8)9;1-21(7-8-21)28-15-5-6-17-16(11-15)20(18-12-19(22)24-13-23-18)26(25-17)14-27-9-10-29(2,3)4;1-8-6-12-7-9(2)13(8)10(14)15-11(3,4)5;/h10-11,16-17,20,22-23H,12-15,18-19,21H2,1-9H3;5-6,11-13H,7-10,14H2,1-4H3;8-9,12H,6-7H2,1-5H3;1H4/t22-,23+;;8-,9+;. The third-order valence-corrected chi connectivity index (χ3v) is 19.1. The van der Waals surface area contributed by atoms with Crippen LogP contribution in [0.1, 0.15) is 116 Å². The van der Waals surface area contributed by atoms with Gasteiger partial charge in [-0.05, 0) is 157 Å². The zero-order valence-electron chi connectivity index (χ0n) is 55.0. The largest absolute Gasteiger partial charge is 0.488 e. The van der Waals surface area contributed by atoms with Gasteiger partial charge in [0.2, 0.25) is 0 Å². The molecule has 0 spiro atoms. The number of carbonyl (C=O) groups excluding carboxylic acids is 2. The number of amides is 2. The summed E-state index contributed by atoms with van der Waals surface area (Å²) in [4.78, 5) is 48.6. The van der Waals surface area contributed by atoms with Crippen molar-refractivity contribution in [3.05, 3.63) is 66.3 Å². The minimum atomic E-state index is -1.22. The average molecular weight is 1270 g/mol. The number of hydrogen-bond donors (Lipinski definition) is 1. The van der Waals surface area contributed by atoms with Crippen LogP contribution in [0.5, 0.6) is 11.5 Å². The molecule has 2 aromatic carbocycles. The molecule has 88 heavy (non-hydrogen) atoms. The van der Waals surface area contributed by atoms with Crippen LogP contribution in [-0.2, 0) is 32.4 Å². The molecule has 4 aliphatic rings. The molecule has 10 rings (SSSR count). The van der Waals surface area contributed by atoms with E-state index in [2.05, 4.69) is 98.2 Å². The summed E-state index contributed by atoms with van der Waals surface area (Å²) in [6, 6.07) is 18.4. The Hall–Kier alpha value is -5.92. The van der Waals surface area contributed by atoms with E-state index in [1.807, 2.05) is 111 Å². The van der Waals surface area contributed by atoms with Crippen LogP contribution >= 0.6 is 11.6 Å². The maximum absolute atomic E-state index is 13.0. The van der Waals surface area contributed by atoms with Crippen molar-refractivity contribution < 1.29 is 38.0 Å². The Morgan fingerprint density at radius 2 is 1.01 bits per heavy atom. The third-order valence-electron chi connectivity index (χ3n) is 15.5. The zero-order valence-corrected chi connectivity index (χ0v) is 57.8. The fourth-order valence-corrected chi connectivity index (χ4v) is 12.0. The smallest absolute Gasteiger partial charge is 0.410 e. The minimum absolute atomic E-state index is 0. The van der Waals surface area contributed by atoms with Gasteiger partial charge in [0.25, 0.3) is 0 Å². The number of hydrogen-bond acceptors (Lipinski definition) is 16. The van der Waals surface area contributed by atoms with E-state index in [-0.39, 0.29) is 55.0 Å². The van der Waals surface area contributed by atoms with Crippen molar-refractivity contribution in [1.82, 2.24) is 54.6 Å². The molecule has 0 bridgehead atoms. The van der Waals surface area contributed by atoms with Gasteiger partial charge in [-0.3, -0.25) is 4.90 Å². The Balaban J connectivity index is 0.000000211. The van der Waals surface area contributed by atoms with Gasteiger partial charge in [-0.15, -0.1) is 0 Å². The van der Waals surface area contributed by atoms with Crippen molar-refractivity contribution >= 4 is 67.6 Å². The summed E-state index contributed by atoms with van der Waals surface area (Å²) in [6.45, 7) is 43.0. The minimum Gasteiger partial charge on any atom is -0.488 e. The third kappa shape index (κ3) is 19.5. The Labute approximate surface area is 530 Å². The number of anilines is 1. The summed E-state index contributed by atoms with van der Waals surface area (Å²) in [5.41, 5.74) is 3.89. The van der Waals surface area contributed by atoms with E-state index in [4.69, 9.17) is 55.2 Å². The molecule has 2 aliphatic carbocycles. The number of benzene rings is 2. The van der Waals surface area contributed by atoms with Crippen LogP contribution in [0, 0.1) is 0 Å². The Kier molecular flexibility index (Phi) is 22.2. The fraction of sp³-hybridized carbons (Fsp3) is 0.631. The van der Waals surface area contributed by atoms with E-state index >= 15 is 0 Å². The van der Waals surface area contributed by atoms with Crippen LogP contribution in [0.15, 0.2) is 61.2 Å². The molecular formula is C65H101ClN12O8Si2. The highest BCUT2D eigenvalue weighted by Crippen LogP contribution is 2.43. The summed E-state index contributed by atoms with van der Waals surface area (Å²) in [6.07, 6.45) is 6.90. The summed E-state index contributed by atoms with van der Waals surface area (Å²) in [5, 5.41) is 15.3. The molecule has 4 aromatic heterocycles. The fourth-order valence-electron chi connectivity index (χ4n) is 10.4. The lowest BCUT2D eigenvalue weighted by Crippen LogP contribution is -2.59. The summed E-state index contributed by atoms with van der Waals surface area (Å²) in [7, 11) is -2.37. The molecule has 0 unspecified atom stereocenters. The van der Waals surface area contributed by atoms with Gasteiger partial charge >= 0.3 is 12.2 Å². The van der Waals surface area contributed by atoms with Gasteiger partial charge in [0.15, 0.2) is 0 Å². The highest BCUT2D eigenvalue weighted by atomic mass is 35.5. The summed E-state index contributed by atoms with van der Waals surface area (Å²) in [5.74, 6) is 2.49. The van der Waals surface area contributed by atoms with Crippen LogP contribution in [0.2, 0.25) is 56.5 Å². The van der Waals surface area contributed by atoms with Gasteiger partial charge in [-0.2, -0.15) is 10.2 Å². The summed E-state index contributed by atoms with van der Waals surface area (Å²) >= 11 is 6.14. The van der Waals surface area contributed by atoms with E-state index in [1.165, 1.54) is 6.33 Å². The van der Waals surface area contributed by atoms with E-state index in [9.17, 15) is 9.59 Å². The second kappa shape index (κ2) is 28.1. The van der Waals surface area contributed by atoms with Gasteiger partial charge in [0.1, 0.15) is 71.0 Å². The van der Waals surface area contributed by atoms with Gasteiger partial charge in [-0.1, -0.05) is 58.3 Å². The monoisotopic (exact) mass is 1270 g/mol. The quantitative estimate of drug-likeness (QED) is 0.0513. The van der Waals surface area contributed by atoms with E-state index in [0.29, 0.717) is 38.3 Å². The van der Waals surface area contributed by atoms with Crippen molar-refractivity contribution in [1.29, 1.82) is 0 Å². The predicted octanol–water partition coefficient (Wildman–Crippen LogP) is 14.2. The zero-order chi connectivity index (χ0) is 63.4. The number of rotatable bonds is 17. The molecule has 4 fully saturated rings. The van der Waals surface area contributed by atoms with E-state index < -0.39 is 27.3 Å². The number of aromatic nitrogens is 8. The van der Waals surface area contributed by atoms with Crippen LogP contribution in [0.25, 0.3) is 44.6 Å². The second-order valence-corrected chi connectivity index (χ2v) is 40.7. The predicted molar refractivity (Wildman–Crippen MR) is 357 cm³/mol. The first-order chi connectivity index (χ1) is 40.6. The normalized spacial score (nSPS) is 19.8. The lowest BCUT2D eigenvalue weighted by atomic mass is 10.1. The van der Waals surface area contributed by atoms with Crippen LogP contribution in [0.4, 0.5) is 15.4 Å². The van der Waals surface area contributed by atoms with Gasteiger partial charge in [0, 0.05) is 90.5 Å². The highest BCUT2D eigenvalue weighted by Gasteiger charge is 2.42. The van der Waals surface area contributed by atoms with Crippen LogP contribution in [-0.4, -0.2) is 164 Å². The SMILES string of the molecule is C.CC1(Oc2ccc3nn(COCC[Si](C)(C)C)c(-c4cc(Cl)ncn4)c3c2)CC1.C[C@@H]1CN(c2cc(-c3c4cc(OC5(C)CC5)ccc4nn3COCC[Si](C)(C)C)ncn2)C[C@H](C)N1C(=O)OC(C)(C)C.C[C@@H]1CNC[C@H](C)N1C(=O)OC(C)(C)C. The number of carbonyl (C=O) groups is 2.